The Kier molecular flexibility index (Phi) is 3.66. The lowest BCUT2D eigenvalue weighted by molar-refractivity contribution is 0.555. The van der Waals surface area contributed by atoms with Crippen LogP contribution in [0.25, 0.3) is 6.20 Å². The molecule has 21 heavy (non-hydrogen) atoms. The minimum Gasteiger partial charge on any atom is -0.325 e. The third kappa shape index (κ3) is 2.64. The number of hydrogen-bond donors (Lipinski definition) is 1. The average molecular weight is 304 g/mol. The zero-order chi connectivity index (χ0) is 15.0. The van der Waals surface area contributed by atoms with Gasteiger partial charge in [-0.2, -0.15) is 0 Å². The summed E-state index contributed by atoms with van der Waals surface area (Å²) in [4.78, 5) is 6.52. The van der Waals surface area contributed by atoms with Crippen molar-refractivity contribution < 1.29 is 4.39 Å². The van der Waals surface area contributed by atoms with E-state index < -0.39 is 0 Å². The van der Waals surface area contributed by atoms with E-state index in [2.05, 4.69) is 4.99 Å². The summed E-state index contributed by atoms with van der Waals surface area (Å²) in [5, 5.41) is 2.23. The van der Waals surface area contributed by atoms with E-state index in [1.807, 2.05) is 42.3 Å². The van der Waals surface area contributed by atoms with Gasteiger partial charge in [-0.15, -0.1) is 0 Å². The Labute approximate surface area is 127 Å². The summed E-state index contributed by atoms with van der Waals surface area (Å²) in [6, 6.07) is 11.7. The zero-order valence-electron chi connectivity index (χ0n) is 11.5. The van der Waals surface area contributed by atoms with Gasteiger partial charge in [-0.05, 0) is 37.3 Å². The van der Waals surface area contributed by atoms with Gasteiger partial charge in [0.05, 0.1) is 10.4 Å². The van der Waals surface area contributed by atoms with Crippen molar-refractivity contribution in [3.63, 3.8) is 0 Å². The molecule has 0 bridgehead atoms. The van der Waals surface area contributed by atoms with Crippen LogP contribution in [0, 0.1) is 5.82 Å². The Morgan fingerprint density at radius 2 is 2.05 bits per heavy atom. The number of rotatable bonds is 2. The highest BCUT2D eigenvalue weighted by Crippen LogP contribution is 2.21. The molecule has 3 rings (SSSR count). The summed E-state index contributed by atoms with van der Waals surface area (Å²) < 4.78 is 13.5. The maximum absolute atomic E-state index is 13.5. The lowest BCUT2D eigenvalue weighted by atomic mass is 10.1. The highest BCUT2D eigenvalue weighted by Gasteiger charge is 2.23. The number of anilines is 1. The molecule has 5 heteroatoms. The molecule has 2 N–H and O–H groups in total. The summed E-state index contributed by atoms with van der Waals surface area (Å²) in [5.74, 6) is -0.297. The van der Waals surface area contributed by atoms with Gasteiger partial charge in [-0.1, -0.05) is 23.7 Å². The Bertz CT molecular complexity index is 788. The van der Waals surface area contributed by atoms with Crippen molar-refractivity contribution >= 4 is 23.5 Å². The first kappa shape index (κ1) is 14.0. The summed E-state index contributed by atoms with van der Waals surface area (Å²) in [6.07, 6.45) is 1.59. The van der Waals surface area contributed by atoms with Crippen molar-refractivity contribution in [1.29, 1.82) is 0 Å². The minimum absolute atomic E-state index is 0.211. The second-order valence-electron chi connectivity index (χ2n) is 5.09. The predicted molar refractivity (Wildman–Crippen MR) is 83.0 cm³/mol. The molecular formula is C16H15ClFN3. The molecule has 0 spiro atoms. The fourth-order valence-electron chi connectivity index (χ4n) is 2.42. The fourth-order valence-corrected chi connectivity index (χ4v) is 2.64. The monoisotopic (exact) mass is 303 g/mol. The maximum atomic E-state index is 13.5. The molecule has 0 saturated heterocycles. The number of halogens is 2. The van der Waals surface area contributed by atoms with Crippen molar-refractivity contribution in [3.8, 4) is 0 Å². The Morgan fingerprint density at radius 1 is 1.29 bits per heavy atom. The van der Waals surface area contributed by atoms with Crippen LogP contribution < -0.4 is 21.2 Å². The lowest BCUT2D eigenvalue weighted by Crippen LogP contribution is -2.49. The highest BCUT2D eigenvalue weighted by atomic mass is 35.5. The first-order chi connectivity index (χ1) is 10.1. The van der Waals surface area contributed by atoms with Gasteiger partial charge in [0.1, 0.15) is 12.0 Å². The zero-order valence-corrected chi connectivity index (χ0v) is 12.3. The summed E-state index contributed by atoms with van der Waals surface area (Å²) >= 11 is 6.23. The Balaban J connectivity index is 2.21. The SMILES string of the molecule is CC(N)[C@@H]1N=c2cccc(Cl)c2=CN1c1cccc(F)c1. The third-order valence-electron chi connectivity index (χ3n) is 3.43. The molecule has 0 radical (unpaired) electrons. The molecule has 1 unspecified atom stereocenters. The van der Waals surface area contributed by atoms with Crippen molar-refractivity contribution in [2.75, 3.05) is 4.90 Å². The van der Waals surface area contributed by atoms with E-state index in [0.29, 0.717) is 10.7 Å². The van der Waals surface area contributed by atoms with Gasteiger partial charge < -0.3 is 10.6 Å². The van der Waals surface area contributed by atoms with E-state index in [1.54, 1.807) is 6.07 Å². The van der Waals surface area contributed by atoms with E-state index in [1.165, 1.54) is 12.1 Å². The van der Waals surface area contributed by atoms with Crippen LogP contribution >= 0.6 is 11.6 Å². The molecule has 0 aliphatic carbocycles. The first-order valence-electron chi connectivity index (χ1n) is 6.70. The number of benzene rings is 2. The van der Waals surface area contributed by atoms with Crippen LogP contribution in [0.1, 0.15) is 6.92 Å². The minimum atomic E-state index is -0.297. The fraction of sp³-hybridized carbons (Fsp3) is 0.188. The molecule has 0 saturated carbocycles. The van der Waals surface area contributed by atoms with Gasteiger partial charge in [0.15, 0.2) is 0 Å². The standard InChI is InChI=1S/C16H15ClFN3/c1-10(19)16-20-15-7-3-6-14(17)13(15)9-21(16)12-5-2-4-11(18)8-12/h2-10,16H,19H2,1H3/t10?,16-/m1/s1. The molecular weight excluding hydrogens is 289 g/mol. The van der Waals surface area contributed by atoms with E-state index in [0.717, 1.165) is 10.6 Å². The van der Waals surface area contributed by atoms with Crippen molar-refractivity contribution in [1.82, 2.24) is 0 Å². The van der Waals surface area contributed by atoms with Crippen LogP contribution in [-0.4, -0.2) is 12.2 Å². The number of nitrogens with two attached hydrogens (primary N) is 1. The van der Waals surface area contributed by atoms with Crippen LogP contribution in [0.3, 0.4) is 0 Å². The van der Waals surface area contributed by atoms with Gasteiger partial charge in [-0.3, -0.25) is 4.99 Å². The molecule has 3 nitrogen and oxygen atoms in total. The van der Waals surface area contributed by atoms with Crippen molar-refractivity contribution in [3.05, 3.63) is 63.9 Å². The van der Waals surface area contributed by atoms with Crippen LogP contribution in [-0.2, 0) is 0 Å². The molecule has 108 valence electrons. The van der Waals surface area contributed by atoms with Gasteiger partial charge in [0, 0.05) is 23.1 Å². The summed E-state index contributed by atoms with van der Waals surface area (Å²) in [6.45, 7) is 1.88. The number of hydrogen-bond acceptors (Lipinski definition) is 3. The lowest BCUT2D eigenvalue weighted by Gasteiger charge is -2.32. The quantitative estimate of drug-likeness (QED) is 0.922. The average Bonchev–Trinajstić information content (AvgIpc) is 2.46. The third-order valence-corrected chi connectivity index (χ3v) is 3.76. The topological polar surface area (TPSA) is 41.6 Å². The second-order valence-corrected chi connectivity index (χ2v) is 5.50. The van der Waals surface area contributed by atoms with E-state index in [9.17, 15) is 4.39 Å². The van der Waals surface area contributed by atoms with E-state index in [4.69, 9.17) is 17.3 Å². The molecule has 1 heterocycles. The normalized spacial score (nSPS) is 18.5. The van der Waals surface area contributed by atoms with Gasteiger partial charge in [0.25, 0.3) is 0 Å². The predicted octanol–water partition coefficient (Wildman–Crippen LogP) is 2.03. The molecule has 0 amide bonds. The van der Waals surface area contributed by atoms with E-state index in [-0.39, 0.29) is 18.0 Å². The molecule has 2 aromatic carbocycles. The largest absolute Gasteiger partial charge is 0.325 e. The maximum Gasteiger partial charge on any atom is 0.140 e. The second kappa shape index (κ2) is 5.47. The Morgan fingerprint density at radius 3 is 2.76 bits per heavy atom. The summed E-state index contributed by atoms with van der Waals surface area (Å²) in [7, 11) is 0. The Hall–Kier alpha value is -1.91. The van der Waals surface area contributed by atoms with E-state index >= 15 is 0 Å². The molecule has 1 aliphatic heterocycles. The molecule has 0 aromatic heterocycles. The number of fused-ring (bicyclic) bond motifs is 1. The van der Waals surface area contributed by atoms with Crippen molar-refractivity contribution in [2.24, 2.45) is 10.7 Å². The van der Waals surface area contributed by atoms with Crippen molar-refractivity contribution in [2.45, 2.75) is 19.1 Å². The number of nitrogens with zero attached hydrogens (tertiary/aromatic N) is 2. The molecule has 2 aromatic rings. The highest BCUT2D eigenvalue weighted by molar-refractivity contribution is 6.30. The molecule has 2 atom stereocenters. The van der Waals surface area contributed by atoms with Gasteiger partial charge in [-0.25, -0.2) is 4.39 Å². The van der Waals surface area contributed by atoms with Crippen LogP contribution in [0.4, 0.5) is 10.1 Å². The first-order valence-corrected chi connectivity index (χ1v) is 7.08. The molecule has 0 fully saturated rings. The van der Waals surface area contributed by atoms with Gasteiger partial charge >= 0.3 is 0 Å². The van der Waals surface area contributed by atoms with Crippen LogP contribution in [0.15, 0.2) is 47.5 Å². The van der Waals surface area contributed by atoms with Crippen LogP contribution in [0.2, 0.25) is 5.02 Å². The van der Waals surface area contributed by atoms with Gasteiger partial charge in [0.2, 0.25) is 0 Å². The molecule has 1 aliphatic rings. The smallest absolute Gasteiger partial charge is 0.140 e. The van der Waals surface area contributed by atoms with Crippen LogP contribution in [0.5, 0.6) is 0 Å². The summed E-state index contributed by atoms with van der Waals surface area (Å²) in [5.41, 5.74) is 6.75.